The Morgan fingerprint density at radius 1 is 1.17 bits per heavy atom. The molecule has 1 aliphatic rings. The zero-order valence-electron chi connectivity index (χ0n) is 16.2. The van der Waals surface area contributed by atoms with E-state index in [4.69, 9.17) is 0 Å². The molecule has 1 saturated heterocycles. The van der Waals surface area contributed by atoms with Crippen LogP contribution in [0.25, 0.3) is 0 Å². The fraction of sp³-hybridized carbons (Fsp3) is 0.368. The van der Waals surface area contributed by atoms with Crippen LogP contribution in [0.15, 0.2) is 34.9 Å². The number of nitrogens with one attached hydrogen (secondary N) is 4. The van der Waals surface area contributed by atoms with Crippen molar-refractivity contribution in [2.75, 3.05) is 42.1 Å². The lowest BCUT2D eigenvalue weighted by Crippen LogP contribution is -2.32. The molecular formula is C19H24BrN7O2. The van der Waals surface area contributed by atoms with Gasteiger partial charge in [-0.1, -0.05) is 6.07 Å². The highest BCUT2D eigenvalue weighted by Gasteiger charge is 2.17. The van der Waals surface area contributed by atoms with Crippen LogP contribution in [-0.4, -0.2) is 53.0 Å². The average molecular weight is 462 g/mol. The highest BCUT2D eigenvalue weighted by Crippen LogP contribution is 2.23. The van der Waals surface area contributed by atoms with Crippen molar-refractivity contribution in [2.45, 2.75) is 19.8 Å². The summed E-state index contributed by atoms with van der Waals surface area (Å²) >= 11 is 3.41. The lowest BCUT2D eigenvalue weighted by atomic mass is 10.3. The second-order valence-corrected chi connectivity index (χ2v) is 7.48. The molecule has 0 radical (unpaired) electrons. The summed E-state index contributed by atoms with van der Waals surface area (Å²) in [5.41, 5.74) is 1.47. The van der Waals surface area contributed by atoms with Gasteiger partial charge in [0.1, 0.15) is 5.82 Å². The summed E-state index contributed by atoms with van der Waals surface area (Å²) in [6, 6.07) is 7.33. The van der Waals surface area contributed by atoms with E-state index in [1.807, 2.05) is 29.2 Å². The van der Waals surface area contributed by atoms with E-state index in [0.29, 0.717) is 30.5 Å². The topological polar surface area (TPSA) is 111 Å². The first-order chi connectivity index (χ1) is 14.0. The molecule has 0 aliphatic carbocycles. The smallest absolute Gasteiger partial charge is 0.321 e. The third-order valence-corrected chi connectivity index (χ3v) is 4.88. The Morgan fingerprint density at radius 2 is 1.93 bits per heavy atom. The van der Waals surface area contributed by atoms with E-state index in [0.717, 1.165) is 36.1 Å². The minimum absolute atomic E-state index is 0.0763. The number of hydrogen-bond acceptors (Lipinski definition) is 6. The van der Waals surface area contributed by atoms with Gasteiger partial charge in [-0.15, -0.1) is 0 Å². The van der Waals surface area contributed by atoms with E-state index in [-0.39, 0.29) is 11.9 Å². The van der Waals surface area contributed by atoms with Gasteiger partial charge in [0.2, 0.25) is 11.9 Å². The van der Waals surface area contributed by atoms with E-state index in [9.17, 15) is 9.59 Å². The Bertz CT molecular complexity index is 871. The zero-order valence-corrected chi connectivity index (χ0v) is 17.8. The van der Waals surface area contributed by atoms with Crippen molar-refractivity contribution in [3.63, 3.8) is 0 Å². The summed E-state index contributed by atoms with van der Waals surface area (Å²) in [4.78, 5) is 33.7. The summed E-state index contributed by atoms with van der Waals surface area (Å²) in [5.74, 6) is 0.956. The fourth-order valence-corrected chi connectivity index (χ4v) is 3.23. The van der Waals surface area contributed by atoms with E-state index >= 15 is 0 Å². The van der Waals surface area contributed by atoms with Crippen LogP contribution < -0.4 is 21.3 Å². The summed E-state index contributed by atoms with van der Waals surface area (Å²) < 4.78 is 0.720. The van der Waals surface area contributed by atoms with Gasteiger partial charge in [0, 0.05) is 50.7 Å². The zero-order chi connectivity index (χ0) is 20.6. The van der Waals surface area contributed by atoms with Crippen molar-refractivity contribution in [3.8, 4) is 0 Å². The van der Waals surface area contributed by atoms with Crippen molar-refractivity contribution in [3.05, 3.63) is 34.9 Å². The molecule has 0 unspecified atom stereocenters. The molecule has 3 rings (SSSR count). The number of urea groups is 1. The predicted molar refractivity (Wildman–Crippen MR) is 116 cm³/mol. The number of amides is 3. The van der Waals surface area contributed by atoms with Gasteiger partial charge >= 0.3 is 6.03 Å². The number of hydrogen-bond donors (Lipinski definition) is 4. The van der Waals surface area contributed by atoms with E-state index in [2.05, 4.69) is 47.2 Å². The molecule has 1 aliphatic heterocycles. The number of halogens is 1. The summed E-state index contributed by atoms with van der Waals surface area (Å²) in [6.45, 7) is 4.10. The predicted octanol–water partition coefficient (Wildman–Crippen LogP) is 3.16. The standard InChI is InChI=1S/C19H24BrN7O2/c1-13(28)21-7-8-22-17-16(20)12-23-18(26-17)24-14-5-4-6-15(11-14)25-19(29)27-9-2-3-10-27/h4-6,11-12H,2-3,7-10H2,1H3,(H,21,28)(H,25,29)(H2,22,23,24,26). The Balaban J connectivity index is 1.61. The molecule has 2 aromatic rings. The number of likely N-dealkylation sites (tertiary alicyclic amines) is 1. The first kappa shape index (κ1) is 20.8. The van der Waals surface area contributed by atoms with Crippen LogP contribution in [0.5, 0.6) is 0 Å². The maximum Gasteiger partial charge on any atom is 0.321 e. The second kappa shape index (κ2) is 10.1. The number of nitrogens with zero attached hydrogens (tertiary/aromatic N) is 3. The van der Waals surface area contributed by atoms with Gasteiger partial charge in [-0.3, -0.25) is 4.79 Å². The summed E-state index contributed by atoms with van der Waals surface area (Å²) in [7, 11) is 0. The van der Waals surface area contributed by atoms with Crippen LogP contribution in [0.1, 0.15) is 19.8 Å². The van der Waals surface area contributed by atoms with Gasteiger partial charge in [-0.25, -0.2) is 9.78 Å². The highest BCUT2D eigenvalue weighted by atomic mass is 79.9. The molecule has 4 N–H and O–H groups in total. The van der Waals surface area contributed by atoms with Gasteiger partial charge < -0.3 is 26.2 Å². The number of carbonyl (C=O) groups is 2. The van der Waals surface area contributed by atoms with Crippen molar-refractivity contribution in [2.24, 2.45) is 0 Å². The van der Waals surface area contributed by atoms with Crippen LogP contribution in [0.3, 0.4) is 0 Å². The van der Waals surface area contributed by atoms with Crippen molar-refractivity contribution < 1.29 is 9.59 Å². The Kier molecular flexibility index (Phi) is 7.23. The van der Waals surface area contributed by atoms with E-state index in [1.54, 1.807) is 6.20 Å². The van der Waals surface area contributed by atoms with Crippen molar-refractivity contribution >= 4 is 51.0 Å². The molecule has 1 aromatic carbocycles. The quantitative estimate of drug-likeness (QED) is 0.471. The second-order valence-electron chi connectivity index (χ2n) is 6.63. The Morgan fingerprint density at radius 3 is 2.69 bits per heavy atom. The van der Waals surface area contributed by atoms with E-state index < -0.39 is 0 Å². The fourth-order valence-electron chi connectivity index (χ4n) is 2.90. The SMILES string of the molecule is CC(=O)NCCNc1nc(Nc2cccc(NC(=O)N3CCCC3)c2)ncc1Br. The molecule has 9 nitrogen and oxygen atoms in total. The molecule has 2 heterocycles. The highest BCUT2D eigenvalue weighted by molar-refractivity contribution is 9.10. The van der Waals surface area contributed by atoms with Crippen LogP contribution in [-0.2, 0) is 4.79 Å². The van der Waals surface area contributed by atoms with Gasteiger partial charge in [-0.05, 0) is 47.0 Å². The third kappa shape index (κ3) is 6.31. The number of aromatic nitrogens is 2. The molecule has 154 valence electrons. The molecule has 29 heavy (non-hydrogen) atoms. The molecular weight excluding hydrogens is 438 g/mol. The number of anilines is 4. The molecule has 0 spiro atoms. The van der Waals surface area contributed by atoms with Crippen molar-refractivity contribution in [1.29, 1.82) is 0 Å². The lowest BCUT2D eigenvalue weighted by molar-refractivity contribution is -0.118. The Labute approximate surface area is 177 Å². The average Bonchev–Trinajstić information content (AvgIpc) is 3.23. The van der Waals surface area contributed by atoms with Gasteiger partial charge in [0.25, 0.3) is 0 Å². The van der Waals surface area contributed by atoms with Gasteiger partial charge in [0.15, 0.2) is 0 Å². The van der Waals surface area contributed by atoms with Crippen molar-refractivity contribution in [1.82, 2.24) is 20.2 Å². The maximum atomic E-state index is 12.3. The van der Waals surface area contributed by atoms with Gasteiger partial charge in [-0.2, -0.15) is 4.98 Å². The number of benzene rings is 1. The van der Waals surface area contributed by atoms with Crippen LogP contribution >= 0.6 is 15.9 Å². The number of carbonyl (C=O) groups excluding carboxylic acids is 2. The first-order valence-corrected chi connectivity index (χ1v) is 10.2. The monoisotopic (exact) mass is 461 g/mol. The lowest BCUT2D eigenvalue weighted by Gasteiger charge is -2.16. The molecule has 3 amide bonds. The maximum absolute atomic E-state index is 12.3. The summed E-state index contributed by atoms with van der Waals surface area (Å²) in [6.07, 6.45) is 3.75. The van der Waals surface area contributed by atoms with E-state index in [1.165, 1.54) is 6.92 Å². The molecule has 10 heteroatoms. The largest absolute Gasteiger partial charge is 0.367 e. The normalized spacial score (nSPS) is 13.1. The minimum atomic E-state index is -0.0785. The molecule has 1 aromatic heterocycles. The summed E-state index contributed by atoms with van der Waals surface area (Å²) in [5, 5.41) is 11.9. The van der Waals surface area contributed by atoms with Crippen LogP contribution in [0.4, 0.5) is 27.9 Å². The first-order valence-electron chi connectivity index (χ1n) is 9.45. The van der Waals surface area contributed by atoms with Gasteiger partial charge in [0.05, 0.1) is 4.47 Å². The molecule has 1 fully saturated rings. The molecule has 0 atom stereocenters. The number of rotatable bonds is 7. The molecule has 0 bridgehead atoms. The Hall–Kier alpha value is -2.88. The molecule has 0 saturated carbocycles. The third-order valence-electron chi connectivity index (χ3n) is 4.30. The van der Waals surface area contributed by atoms with Crippen LogP contribution in [0, 0.1) is 0 Å². The van der Waals surface area contributed by atoms with Crippen LogP contribution in [0.2, 0.25) is 0 Å². The minimum Gasteiger partial charge on any atom is -0.367 e.